The van der Waals surface area contributed by atoms with Gasteiger partial charge in [0.15, 0.2) is 11.6 Å². The van der Waals surface area contributed by atoms with Gasteiger partial charge < -0.3 is 15.2 Å². The summed E-state index contributed by atoms with van der Waals surface area (Å²) >= 11 is 0. The summed E-state index contributed by atoms with van der Waals surface area (Å²) in [5.41, 5.74) is 6.03. The number of benzene rings is 1. The molecule has 0 bridgehead atoms. The highest BCUT2D eigenvalue weighted by Crippen LogP contribution is 2.49. The molecule has 2 aromatic rings. The number of ketones is 1. The van der Waals surface area contributed by atoms with Gasteiger partial charge in [-0.1, -0.05) is 5.16 Å². The Morgan fingerprint density at radius 1 is 1.19 bits per heavy atom. The van der Waals surface area contributed by atoms with E-state index in [0.717, 1.165) is 53.2 Å². The lowest BCUT2D eigenvalue weighted by Crippen LogP contribution is -2.53. The van der Waals surface area contributed by atoms with E-state index in [4.69, 9.17) is 4.52 Å². The highest BCUT2D eigenvalue weighted by Gasteiger charge is 2.47. The van der Waals surface area contributed by atoms with Crippen LogP contribution in [-0.4, -0.2) is 23.5 Å². The average molecular weight is 353 g/mol. The second-order valence-electron chi connectivity index (χ2n) is 8.57. The number of nitrogens with zero attached hydrogens (tertiary/aromatic N) is 1. The zero-order valence-electron chi connectivity index (χ0n) is 16.5. The van der Waals surface area contributed by atoms with Gasteiger partial charge in [0.2, 0.25) is 0 Å². The molecule has 1 aromatic heterocycles. The molecule has 0 unspecified atom stereocenters. The number of aromatic nitrogens is 1. The molecule has 5 nitrogen and oxygen atoms in total. The molecule has 138 valence electrons. The summed E-state index contributed by atoms with van der Waals surface area (Å²) in [6, 6.07) is 2.19. The number of anilines is 2. The van der Waals surface area contributed by atoms with Gasteiger partial charge in [-0.15, -0.1) is 0 Å². The number of aryl methyl sites for hydroxylation is 1. The van der Waals surface area contributed by atoms with E-state index in [1.807, 2.05) is 41.7 Å². The highest BCUT2D eigenvalue weighted by molar-refractivity contribution is 6.04. The van der Waals surface area contributed by atoms with E-state index in [1.54, 1.807) is 0 Å². The van der Waals surface area contributed by atoms with Crippen LogP contribution in [0.3, 0.4) is 0 Å². The molecule has 5 heteroatoms. The molecule has 26 heavy (non-hydrogen) atoms. The third kappa shape index (κ3) is 2.15. The standard InChI is InChI=1S/C21H27N3O2/c1-11-16(18(22-6)24-26-11)14-10-15-17(13-9-7-8-12(13)14)23-21(4,5)19(25)20(15,2)3/h10,23H,7-9H2,1-6H3,(H,22,24). The fourth-order valence-corrected chi connectivity index (χ4v) is 4.77. The zero-order valence-corrected chi connectivity index (χ0v) is 16.5. The van der Waals surface area contributed by atoms with Gasteiger partial charge in [-0.2, -0.15) is 0 Å². The first-order chi connectivity index (χ1) is 12.2. The van der Waals surface area contributed by atoms with Gasteiger partial charge in [0.05, 0.1) is 16.5 Å². The van der Waals surface area contributed by atoms with E-state index in [1.165, 1.54) is 11.1 Å². The second kappa shape index (κ2) is 5.35. The number of carbonyl (C=O) groups is 1. The first-order valence-electron chi connectivity index (χ1n) is 9.35. The molecule has 0 fully saturated rings. The Labute approximate surface area is 154 Å². The maximum Gasteiger partial charge on any atom is 0.177 e. The smallest absolute Gasteiger partial charge is 0.177 e. The SMILES string of the molecule is CNc1noc(C)c1-c1cc2c(c3c1CCC3)NC(C)(C)C(=O)C2(C)C. The molecule has 4 rings (SSSR count). The average Bonchev–Trinajstić information content (AvgIpc) is 3.20. The number of hydrogen-bond acceptors (Lipinski definition) is 5. The first kappa shape index (κ1) is 17.1. The molecule has 0 amide bonds. The van der Waals surface area contributed by atoms with Crippen LogP contribution in [0.5, 0.6) is 0 Å². The van der Waals surface area contributed by atoms with Gasteiger partial charge in [-0.3, -0.25) is 4.79 Å². The van der Waals surface area contributed by atoms with E-state index >= 15 is 0 Å². The normalized spacial score (nSPS) is 19.7. The van der Waals surface area contributed by atoms with Crippen LogP contribution in [0.25, 0.3) is 11.1 Å². The van der Waals surface area contributed by atoms with Crippen molar-refractivity contribution in [1.82, 2.24) is 5.16 Å². The lowest BCUT2D eigenvalue weighted by molar-refractivity contribution is -0.127. The molecule has 0 saturated carbocycles. The minimum absolute atomic E-state index is 0.220. The van der Waals surface area contributed by atoms with Crippen LogP contribution in [-0.2, 0) is 23.1 Å². The molecule has 0 radical (unpaired) electrons. The molecule has 1 aliphatic carbocycles. The summed E-state index contributed by atoms with van der Waals surface area (Å²) in [5, 5.41) is 10.8. The van der Waals surface area contributed by atoms with E-state index in [2.05, 4.69) is 21.9 Å². The van der Waals surface area contributed by atoms with Crippen molar-refractivity contribution in [3.05, 3.63) is 28.5 Å². The molecule has 0 atom stereocenters. The molecular formula is C21H27N3O2. The van der Waals surface area contributed by atoms with Crippen LogP contribution < -0.4 is 10.6 Å². The van der Waals surface area contributed by atoms with Crippen LogP contribution in [0.1, 0.15) is 56.6 Å². The summed E-state index contributed by atoms with van der Waals surface area (Å²) in [4.78, 5) is 13.1. The lowest BCUT2D eigenvalue weighted by Gasteiger charge is -2.43. The van der Waals surface area contributed by atoms with Gasteiger partial charge in [0, 0.05) is 12.7 Å². The summed E-state index contributed by atoms with van der Waals surface area (Å²) in [7, 11) is 1.86. The molecule has 2 heterocycles. The molecule has 2 N–H and O–H groups in total. The van der Waals surface area contributed by atoms with Gasteiger partial charge in [0.1, 0.15) is 5.76 Å². The van der Waals surface area contributed by atoms with E-state index in [0.29, 0.717) is 0 Å². The number of nitrogens with one attached hydrogen (secondary N) is 2. The molecule has 1 aromatic carbocycles. The molecular weight excluding hydrogens is 326 g/mol. The molecule has 1 aliphatic heterocycles. The lowest BCUT2D eigenvalue weighted by atomic mass is 9.68. The highest BCUT2D eigenvalue weighted by atomic mass is 16.5. The zero-order chi connectivity index (χ0) is 18.9. The fourth-order valence-electron chi connectivity index (χ4n) is 4.77. The third-order valence-corrected chi connectivity index (χ3v) is 6.02. The summed E-state index contributed by atoms with van der Waals surface area (Å²) in [6.07, 6.45) is 3.22. The molecule has 0 saturated heterocycles. The summed E-state index contributed by atoms with van der Waals surface area (Å²) in [5.74, 6) is 1.78. The minimum Gasteiger partial charge on any atom is -0.373 e. The number of fused-ring (bicyclic) bond motifs is 3. The number of hydrogen-bond donors (Lipinski definition) is 2. The Morgan fingerprint density at radius 3 is 2.58 bits per heavy atom. The number of Topliss-reactive ketones (excluding diaryl/α,β-unsaturated/α-hetero) is 1. The van der Waals surface area contributed by atoms with Crippen molar-refractivity contribution in [3.63, 3.8) is 0 Å². The van der Waals surface area contributed by atoms with Crippen molar-refractivity contribution >= 4 is 17.3 Å². The van der Waals surface area contributed by atoms with Gasteiger partial charge in [-0.05, 0) is 82.2 Å². The second-order valence-corrected chi connectivity index (χ2v) is 8.57. The van der Waals surface area contributed by atoms with Crippen LogP contribution in [0.15, 0.2) is 10.6 Å². The van der Waals surface area contributed by atoms with Crippen molar-refractivity contribution in [2.75, 3.05) is 17.7 Å². The molecule has 0 spiro atoms. The van der Waals surface area contributed by atoms with Crippen LogP contribution in [0.4, 0.5) is 11.5 Å². The van der Waals surface area contributed by atoms with Crippen LogP contribution in [0.2, 0.25) is 0 Å². The fraction of sp³-hybridized carbons (Fsp3) is 0.524. The Kier molecular flexibility index (Phi) is 3.52. The molecule has 2 aliphatic rings. The Bertz CT molecular complexity index is 922. The summed E-state index contributed by atoms with van der Waals surface area (Å²) in [6.45, 7) is 10.0. The van der Waals surface area contributed by atoms with Crippen LogP contribution >= 0.6 is 0 Å². The van der Waals surface area contributed by atoms with Gasteiger partial charge in [0.25, 0.3) is 0 Å². The Morgan fingerprint density at radius 2 is 1.88 bits per heavy atom. The third-order valence-electron chi connectivity index (χ3n) is 6.02. The van der Waals surface area contributed by atoms with Gasteiger partial charge in [-0.25, -0.2) is 0 Å². The predicted molar refractivity (Wildman–Crippen MR) is 104 cm³/mol. The Balaban J connectivity index is 2.04. The topological polar surface area (TPSA) is 67.2 Å². The largest absolute Gasteiger partial charge is 0.373 e. The number of carbonyl (C=O) groups excluding carboxylic acids is 1. The van der Waals surface area contributed by atoms with Gasteiger partial charge >= 0.3 is 0 Å². The maximum absolute atomic E-state index is 13.1. The quantitative estimate of drug-likeness (QED) is 0.846. The van der Waals surface area contributed by atoms with E-state index < -0.39 is 11.0 Å². The van der Waals surface area contributed by atoms with Crippen LogP contribution in [0, 0.1) is 6.92 Å². The van der Waals surface area contributed by atoms with Crippen molar-refractivity contribution in [1.29, 1.82) is 0 Å². The predicted octanol–water partition coefficient (Wildman–Crippen LogP) is 4.23. The van der Waals surface area contributed by atoms with Crippen molar-refractivity contribution in [3.8, 4) is 11.1 Å². The first-order valence-corrected chi connectivity index (χ1v) is 9.35. The van der Waals surface area contributed by atoms with Crippen molar-refractivity contribution in [2.24, 2.45) is 0 Å². The van der Waals surface area contributed by atoms with Crippen molar-refractivity contribution < 1.29 is 9.32 Å². The Hall–Kier alpha value is -2.30. The maximum atomic E-state index is 13.1. The van der Waals surface area contributed by atoms with E-state index in [9.17, 15) is 4.79 Å². The van der Waals surface area contributed by atoms with E-state index in [-0.39, 0.29) is 5.78 Å². The monoisotopic (exact) mass is 353 g/mol. The minimum atomic E-state index is -0.558. The summed E-state index contributed by atoms with van der Waals surface area (Å²) < 4.78 is 5.46. The van der Waals surface area contributed by atoms with Crippen molar-refractivity contribution in [2.45, 2.75) is 64.8 Å². The number of rotatable bonds is 2.